The van der Waals surface area contributed by atoms with Crippen molar-refractivity contribution in [1.29, 1.82) is 0 Å². The van der Waals surface area contributed by atoms with Gasteiger partial charge >= 0.3 is 5.97 Å². The Morgan fingerprint density at radius 2 is 2.05 bits per heavy atom. The maximum absolute atomic E-state index is 12.2. The fourth-order valence-corrected chi connectivity index (χ4v) is 3.87. The van der Waals surface area contributed by atoms with Gasteiger partial charge in [0.05, 0.1) is 18.0 Å². The second-order valence-electron chi connectivity index (χ2n) is 4.95. The number of sulfonamides is 1. The molecule has 0 spiro atoms. The average molecular weight is 313 g/mol. The van der Waals surface area contributed by atoms with Crippen molar-refractivity contribution >= 4 is 21.7 Å². The van der Waals surface area contributed by atoms with E-state index in [1.54, 1.807) is 24.3 Å². The molecule has 0 bridgehead atoms. The van der Waals surface area contributed by atoms with E-state index in [9.17, 15) is 13.2 Å². The minimum absolute atomic E-state index is 0.213. The number of anilines is 1. The van der Waals surface area contributed by atoms with Gasteiger partial charge in [-0.15, -0.1) is 0 Å². The molecule has 0 heterocycles. The molecule has 6 nitrogen and oxygen atoms in total. The Labute approximate surface area is 124 Å². The number of ether oxygens (including phenoxy) is 2. The van der Waals surface area contributed by atoms with Gasteiger partial charge < -0.3 is 9.47 Å². The lowest BCUT2D eigenvalue weighted by atomic mass is 10.3. The monoisotopic (exact) mass is 313 g/mol. The van der Waals surface area contributed by atoms with Crippen LogP contribution in [-0.2, 0) is 19.6 Å². The van der Waals surface area contributed by atoms with E-state index in [0.717, 1.165) is 12.8 Å². The van der Waals surface area contributed by atoms with Crippen LogP contribution in [0.25, 0.3) is 0 Å². The van der Waals surface area contributed by atoms with E-state index in [2.05, 4.69) is 9.46 Å². The molecule has 1 aromatic rings. The van der Waals surface area contributed by atoms with Gasteiger partial charge in [-0.2, -0.15) is 0 Å². The van der Waals surface area contributed by atoms with Crippen LogP contribution in [0, 0.1) is 0 Å². The van der Waals surface area contributed by atoms with Crippen LogP contribution in [0.15, 0.2) is 24.3 Å². The molecule has 0 unspecified atom stereocenters. The summed E-state index contributed by atoms with van der Waals surface area (Å²) in [5, 5.41) is -0.322. The molecule has 1 saturated carbocycles. The minimum atomic E-state index is -3.36. The van der Waals surface area contributed by atoms with E-state index in [4.69, 9.17) is 4.74 Å². The summed E-state index contributed by atoms with van der Waals surface area (Å²) in [5.41, 5.74) is 0.435. The summed E-state index contributed by atoms with van der Waals surface area (Å²) in [6.07, 6.45) is 3.31. The number of esters is 1. The highest BCUT2D eigenvalue weighted by atomic mass is 32.2. The third-order valence-electron chi connectivity index (χ3n) is 3.42. The zero-order valence-electron chi connectivity index (χ0n) is 11.9. The normalized spacial score (nSPS) is 15.7. The van der Waals surface area contributed by atoms with Gasteiger partial charge in [-0.3, -0.25) is 4.72 Å². The Hall–Kier alpha value is -1.76. The number of hydrogen-bond acceptors (Lipinski definition) is 5. The quantitative estimate of drug-likeness (QED) is 0.811. The maximum Gasteiger partial charge on any atom is 0.343 e. The van der Waals surface area contributed by atoms with E-state index in [1.165, 1.54) is 7.11 Å². The summed E-state index contributed by atoms with van der Waals surface area (Å²) < 4.78 is 36.7. The summed E-state index contributed by atoms with van der Waals surface area (Å²) in [6.45, 7) is -0.213. The highest BCUT2D eigenvalue weighted by Crippen LogP contribution is 2.27. The van der Waals surface area contributed by atoms with Crippen LogP contribution >= 0.6 is 0 Å². The third-order valence-corrected chi connectivity index (χ3v) is 5.29. The smallest absolute Gasteiger partial charge is 0.343 e. The fraction of sp³-hybridized carbons (Fsp3) is 0.500. The molecule has 1 aliphatic rings. The molecule has 116 valence electrons. The number of benzene rings is 1. The first-order chi connectivity index (χ1) is 10.0. The molecule has 21 heavy (non-hydrogen) atoms. The molecule has 2 rings (SSSR count). The van der Waals surface area contributed by atoms with Crippen molar-refractivity contribution in [2.45, 2.75) is 30.9 Å². The zero-order chi connectivity index (χ0) is 15.3. The van der Waals surface area contributed by atoms with Gasteiger partial charge in [-0.1, -0.05) is 18.9 Å². The number of hydrogen-bond donors (Lipinski definition) is 1. The van der Waals surface area contributed by atoms with Crippen LogP contribution in [0.4, 0.5) is 5.69 Å². The molecule has 0 aliphatic heterocycles. The molecular formula is C14H19NO5S. The van der Waals surface area contributed by atoms with E-state index >= 15 is 0 Å². The Balaban J connectivity index is 2.02. The first-order valence-electron chi connectivity index (χ1n) is 6.82. The lowest BCUT2D eigenvalue weighted by Gasteiger charge is -2.14. The van der Waals surface area contributed by atoms with Gasteiger partial charge in [0.1, 0.15) is 5.75 Å². The number of rotatable bonds is 6. The standard InChI is InChI=1S/C14H19NO5S/c1-19-14(16)10-20-12-6-4-5-11(9-12)15-21(17,18)13-7-2-3-8-13/h4-6,9,13,15H,2-3,7-8,10H2,1H3. The van der Waals surface area contributed by atoms with Crippen LogP contribution in [0.5, 0.6) is 5.75 Å². The summed E-state index contributed by atoms with van der Waals surface area (Å²) in [5.74, 6) is -0.0843. The van der Waals surface area contributed by atoms with Crippen molar-refractivity contribution in [2.24, 2.45) is 0 Å². The highest BCUT2D eigenvalue weighted by molar-refractivity contribution is 7.93. The van der Waals surface area contributed by atoms with Gasteiger partial charge in [0.15, 0.2) is 6.61 Å². The Bertz CT molecular complexity index is 593. The Kier molecular flexibility index (Phi) is 5.06. The van der Waals surface area contributed by atoms with E-state index < -0.39 is 16.0 Å². The average Bonchev–Trinajstić information content (AvgIpc) is 2.99. The fourth-order valence-electron chi connectivity index (χ4n) is 2.30. The molecule has 0 atom stereocenters. The lowest BCUT2D eigenvalue weighted by Crippen LogP contribution is -2.25. The SMILES string of the molecule is COC(=O)COc1cccc(NS(=O)(=O)C2CCCC2)c1. The molecule has 1 aromatic carbocycles. The number of carbonyl (C=O) groups is 1. The summed E-state index contributed by atoms with van der Waals surface area (Å²) >= 11 is 0. The molecular weight excluding hydrogens is 294 g/mol. The van der Waals surface area contributed by atoms with Crippen molar-refractivity contribution in [3.05, 3.63) is 24.3 Å². The topological polar surface area (TPSA) is 81.7 Å². The highest BCUT2D eigenvalue weighted by Gasteiger charge is 2.28. The number of methoxy groups -OCH3 is 1. The number of carbonyl (C=O) groups excluding carboxylic acids is 1. The molecule has 0 amide bonds. The van der Waals surface area contributed by atoms with Crippen molar-refractivity contribution in [1.82, 2.24) is 0 Å². The van der Waals surface area contributed by atoms with Crippen LogP contribution < -0.4 is 9.46 Å². The molecule has 1 fully saturated rings. The van der Waals surface area contributed by atoms with Crippen molar-refractivity contribution < 1.29 is 22.7 Å². The van der Waals surface area contributed by atoms with Crippen LogP contribution in [0.2, 0.25) is 0 Å². The van der Waals surface area contributed by atoms with Gasteiger partial charge in [-0.05, 0) is 25.0 Å². The van der Waals surface area contributed by atoms with E-state index in [-0.39, 0.29) is 11.9 Å². The molecule has 0 aromatic heterocycles. The zero-order valence-corrected chi connectivity index (χ0v) is 12.7. The lowest BCUT2D eigenvalue weighted by molar-refractivity contribution is -0.142. The van der Waals surface area contributed by atoms with Crippen LogP contribution in [-0.4, -0.2) is 33.4 Å². The second-order valence-corrected chi connectivity index (χ2v) is 6.91. The predicted octanol–water partition coefficient (Wildman–Crippen LogP) is 1.92. The molecule has 0 saturated heterocycles. The van der Waals surface area contributed by atoms with Gasteiger partial charge in [0, 0.05) is 6.07 Å². The van der Waals surface area contributed by atoms with Crippen LogP contribution in [0.3, 0.4) is 0 Å². The van der Waals surface area contributed by atoms with Gasteiger partial charge in [-0.25, -0.2) is 13.2 Å². The summed E-state index contributed by atoms with van der Waals surface area (Å²) in [4.78, 5) is 11.0. The first kappa shape index (κ1) is 15.6. The molecule has 7 heteroatoms. The van der Waals surface area contributed by atoms with Gasteiger partial charge in [0.2, 0.25) is 10.0 Å². The van der Waals surface area contributed by atoms with Gasteiger partial charge in [0.25, 0.3) is 0 Å². The van der Waals surface area contributed by atoms with E-state index in [0.29, 0.717) is 24.3 Å². The first-order valence-corrected chi connectivity index (χ1v) is 8.37. The molecule has 1 N–H and O–H groups in total. The van der Waals surface area contributed by atoms with Crippen LogP contribution in [0.1, 0.15) is 25.7 Å². The third kappa shape index (κ3) is 4.35. The molecule has 0 radical (unpaired) electrons. The second kappa shape index (κ2) is 6.80. The Morgan fingerprint density at radius 1 is 1.33 bits per heavy atom. The minimum Gasteiger partial charge on any atom is -0.482 e. The van der Waals surface area contributed by atoms with Crippen molar-refractivity contribution in [2.75, 3.05) is 18.4 Å². The Morgan fingerprint density at radius 3 is 2.71 bits per heavy atom. The maximum atomic E-state index is 12.2. The molecule has 1 aliphatic carbocycles. The largest absolute Gasteiger partial charge is 0.482 e. The summed E-state index contributed by atoms with van der Waals surface area (Å²) in [6, 6.07) is 6.52. The van der Waals surface area contributed by atoms with Crippen molar-refractivity contribution in [3.8, 4) is 5.75 Å². The predicted molar refractivity (Wildman–Crippen MR) is 78.8 cm³/mol. The summed E-state index contributed by atoms with van der Waals surface area (Å²) in [7, 11) is -2.09. The number of nitrogens with one attached hydrogen (secondary N) is 1. The van der Waals surface area contributed by atoms with E-state index in [1.807, 2.05) is 0 Å². The van der Waals surface area contributed by atoms with Crippen molar-refractivity contribution in [3.63, 3.8) is 0 Å².